The Labute approximate surface area is 75.8 Å². The van der Waals surface area contributed by atoms with E-state index >= 15 is 0 Å². The van der Waals surface area contributed by atoms with Crippen LogP contribution in [-0.4, -0.2) is 16.9 Å². The van der Waals surface area contributed by atoms with Crippen molar-refractivity contribution in [1.29, 1.82) is 0 Å². The maximum atomic E-state index is 9.47. The van der Waals surface area contributed by atoms with Crippen molar-refractivity contribution in [1.82, 2.24) is 0 Å². The van der Waals surface area contributed by atoms with Crippen LogP contribution in [0.2, 0.25) is 0 Å². The maximum Gasteiger partial charge on any atom is 1.00 e. The summed E-state index contributed by atoms with van der Waals surface area (Å²) in [5.41, 5.74) is 0. The molecule has 0 unspecified atom stereocenters. The van der Waals surface area contributed by atoms with E-state index in [-0.39, 0.29) is 42.0 Å². The molecule has 0 aliphatic rings. The summed E-state index contributed by atoms with van der Waals surface area (Å²) in [6, 6.07) is 0. The monoisotopic (exact) mass is 168 g/mol. The van der Waals surface area contributed by atoms with E-state index in [4.69, 9.17) is 9.79 Å². The fourth-order valence-corrected chi connectivity index (χ4v) is 0. The SMILES string of the molecule is COP(=O)(O)O.[H-].[Li+].[Ti]. The Balaban J connectivity index is -0.0000000417. The number of hydrogen-bond donors (Lipinski definition) is 2. The number of phosphoric ester groups is 1. The van der Waals surface area contributed by atoms with E-state index in [0.29, 0.717) is 0 Å². The molecule has 0 bridgehead atoms. The molecule has 0 aliphatic heterocycles. The summed E-state index contributed by atoms with van der Waals surface area (Å²) in [5.74, 6) is 0. The van der Waals surface area contributed by atoms with E-state index in [1.54, 1.807) is 0 Å². The molecular formula is CH6LiO4PTi. The second-order valence-electron chi connectivity index (χ2n) is 0.673. The second-order valence-corrected chi connectivity index (χ2v) is 2.02. The molecule has 0 aromatic rings. The number of hydrogen-bond acceptors (Lipinski definition) is 2. The van der Waals surface area contributed by atoms with Crippen molar-refractivity contribution in [3.63, 3.8) is 0 Å². The van der Waals surface area contributed by atoms with Crippen LogP contribution in [0.15, 0.2) is 0 Å². The van der Waals surface area contributed by atoms with Crippen molar-refractivity contribution in [3.8, 4) is 0 Å². The zero-order valence-electron chi connectivity index (χ0n) is 5.66. The van der Waals surface area contributed by atoms with Crippen LogP contribution in [0.1, 0.15) is 1.43 Å². The Kier molecular flexibility index (Phi) is 13.2. The zero-order valence-corrected chi connectivity index (χ0v) is 7.11. The molecule has 0 aromatic carbocycles. The topological polar surface area (TPSA) is 66.8 Å². The van der Waals surface area contributed by atoms with Gasteiger partial charge in [-0.3, -0.25) is 4.52 Å². The van der Waals surface area contributed by atoms with Crippen LogP contribution in [0.5, 0.6) is 0 Å². The van der Waals surface area contributed by atoms with E-state index in [9.17, 15) is 4.57 Å². The van der Waals surface area contributed by atoms with E-state index in [1.807, 2.05) is 0 Å². The first-order valence-electron chi connectivity index (χ1n) is 1.17. The summed E-state index contributed by atoms with van der Waals surface area (Å²) in [6.45, 7) is 0. The van der Waals surface area contributed by atoms with Gasteiger partial charge in [-0.05, 0) is 0 Å². The molecule has 0 aromatic heterocycles. The molecule has 4 nitrogen and oxygen atoms in total. The minimum atomic E-state index is -4.15. The molecule has 0 atom stereocenters. The first-order chi connectivity index (χ1) is 2.56. The fourth-order valence-electron chi connectivity index (χ4n) is 0. The van der Waals surface area contributed by atoms with Crippen LogP contribution in [0.4, 0.5) is 0 Å². The molecule has 0 fully saturated rings. The van der Waals surface area contributed by atoms with Crippen molar-refractivity contribution in [2.24, 2.45) is 0 Å². The summed E-state index contributed by atoms with van der Waals surface area (Å²) in [4.78, 5) is 15.4. The molecule has 44 valence electrons. The van der Waals surface area contributed by atoms with Gasteiger partial charge in [-0.15, -0.1) is 0 Å². The van der Waals surface area contributed by atoms with E-state index in [0.717, 1.165) is 7.11 Å². The van der Waals surface area contributed by atoms with Gasteiger partial charge < -0.3 is 11.2 Å². The quantitative estimate of drug-likeness (QED) is 0.320. The van der Waals surface area contributed by atoms with E-state index < -0.39 is 7.82 Å². The van der Waals surface area contributed by atoms with Gasteiger partial charge in [-0.2, -0.15) is 0 Å². The van der Waals surface area contributed by atoms with Gasteiger partial charge in [-0.25, -0.2) is 4.57 Å². The zero-order chi connectivity index (χ0) is 5.21. The molecule has 0 amide bonds. The van der Waals surface area contributed by atoms with Crippen LogP contribution < -0.4 is 18.9 Å². The van der Waals surface area contributed by atoms with Crippen molar-refractivity contribution >= 4 is 7.82 Å². The summed E-state index contributed by atoms with van der Waals surface area (Å²) >= 11 is 0. The molecule has 2 N–H and O–H groups in total. The van der Waals surface area contributed by atoms with Gasteiger partial charge in [0.1, 0.15) is 0 Å². The van der Waals surface area contributed by atoms with Crippen molar-refractivity contribution in [3.05, 3.63) is 0 Å². The molecule has 0 saturated heterocycles. The standard InChI is InChI=1S/CH5O4P.Li.Ti.H/c1-5-6(2,3)4;;;/h1H3,(H2,2,3,4);;;/q;+1;;-1. The van der Waals surface area contributed by atoms with Crippen LogP contribution in [0, 0.1) is 0 Å². The third-order valence-corrected chi connectivity index (χ3v) is 0.714. The van der Waals surface area contributed by atoms with E-state index in [1.165, 1.54) is 0 Å². The predicted octanol–water partition coefficient (Wildman–Crippen LogP) is -3.16. The van der Waals surface area contributed by atoms with Gasteiger partial charge in [0.15, 0.2) is 0 Å². The van der Waals surface area contributed by atoms with Gasteiger partial charge in [0, 0.05) is 28.8 Å². The predicted molar refractivity (Wildman–Crippen MR) is 20.2 cm³/mol. The Morgan fingerprint density at radius 2 is 1.75 bits per heavy atom. The van der Waals surface area contributed by atoms with Gasteiger partial charge in [0.2, 0.25) is 0 Å². The van der Waals surface area contributed by atoms with Crippen molar-refractivity contribution in [2.75, 3.05) is 7.11 Å². The summed E-state index contributed by atoms with van der Waals surface area (Å²) in [5, 5.41) is 0. The summed E-state index contributed by atoms with van der Waals surface area (Å²) in [7, 11) is -3.20. The first-order valence-corrected chi connectivity index (χ1v) is 2.70. The summed E-state index contributed by atoms with van der Waals surface area (Å²) in [6.07, 6.45) is 0. The molecule has 0 spiro atoms. The third-order valence-electron chi connectivity index (χ3n) is 0.238. The molecule has 0 rings (SSSR count). The molecule has 7 heteroatoms. The second kappa shape index (κ2) is 6.54. The molecule has 8 heavy (non-hydrogen) atoms. The Morgan fingerprint density at radius 3 is 1.75 bits per heavy atom. The van der Waals surface area contributed by atoms with Crippen LogP contribution in [0.3, 0.4) is 0 Å². The Bertz CT molecular complexity index is 84.6. The van der Waals surface area contributed by atoms with Gasteiger partial charge in [-0.1, -0.05) is 0 Å². The van der Waals surface area contributed by atoms with Crippen molar-refractivity contribution in [2.45, 2.75) is 0 Å². The number of phosphoric acid groups is 1. The Morgan fingerprint density at radius 1 is 1.62 bits per heavy atom. The van der Waals surface area contributed by atoms with Crippen LogP contribution in [0.25, 0.3) is 0 Å². The minimum Gasteiger partial charge on any atom is -1.00 e. The Hall–Kier alpha value is 1.42. The van der Waals surface area contributed by atoms with Gasteiger partial charge in [0.05, 0.1) is 0 Å². The summed E-state index contributed by atoms with van der Waals surface area (Å²) < 4.78 is 13.1. The van der Waals surface area contributed by atoms with Crippen LogP contribution in [-0.2, 0) is 30.8 Å². The molecule has 0 saturated carbocycles. The third kappa shape index (κ3) is 15.7. The number of rotatable bonds is 1. The molecule has 0 radical (unpaired) electrons. The largest absolute Gasteiger partial charge is 1.00 e. The first kappa shape index (κ1) is 16.2. The molecular weight excluding hydrogens is 162 g/mol. The fraction of sp³-hybridized carbons (Fsp3) is 1.00. The average Bonchev–Trinajstić information content (AvgIpc) is 1.35. The van der Waals surface area contributed by atoms with Crippen molar-refractivity contribution < 1.29 is 60.9 Å². The van der Waals surface area contributed by atoms with E-state index in [2.05, 4.69) is 4.52 Å². The van der Waals surface area contributed by atoms with Gasteiger partial charge >= 0.3 is 26.7 Å². The van der Waals surface area contributed by atoms with Gasteiger partial charge in [0.25, 0.3) is 0 Å². The maximum absolute atomic E-state index is 9.47. The van der Waals surface area contributed by atoms with Crippen LogP contribution >= 0.6 is 7.82 Å². The minimum absolute atomic E-state index is 0. The normalized spacial score (nSPS) is 8.88. The molecule has 0 heterocycles. The average molecular weight is 168 g/mol. The molecule has 0 aliphatic carbocycles. The smallest absolute Gasteiger partial charge is 1.00 e.